The summed E-state index contributed by atoms with van der Waals surface area (Å²) in [5, 5.41) is 15.0. The molecule has 0 unspecified atom stereocenters. The van der Waals surface area contributed by atoms with E-state index in [2.05, 4.69) is 10.6 Å². The van der Waals surface area contributed by atoms with E-state index in [1.165, 1.54) is 0 Å². The highest BCUT2D eigenvalue weighted by molar-refractivity contribution is 5.98. The molecule has 0 bridgehead atoms. The van der Waals surface area contributed by atoms with Crippen LogP contribution in [0.25, 0.3) is 0 Å². The Morgan fingerprint density at radius 3 is 2.38 bits per heavy atom. The summed E-state index contributed by atoms with van der Waals surface area (Å²) in [5.41, 5.74) is 0.882. The normalized spacial score (nSPS) is 12.8. The predicted octanol–water partition coefficient (Wildman–Crippen LogP) is 1.68. The molecule has 21 heavy (non-hydrogen) atoms. The van der Waals surface area contributed by atoms with Gasteiger partial charge < -0.3 is 15.7 Å². The van der Waals surface area contributed by atoms with Crippen molar-refractivity contribution in [2.45, 2.75) is 33.2 Å². The van der Waals surface area contributed by atoms with Gasteiger partial charge in [-0.3, -0.25) is 4.79 Å². The molecule has 0 fully saturated rings. The molecule has 1 aromatic rings. The van der Waals surface area contributed by atoms with E-state index in [9.17, 15) is 14.7 Å². The van der Waals surface area contributed by atoms with Crippen LogP contribution in [-0.2, 0) is 11.2 Å². The van der Waals surface area contributed by atoms with Crippen molar-refractivity contribution in [2.75, 3.05) is 13.6 Å². The lowest BCUT2D eigenvalue weighted by molar-refractivity contribution is -0.142. The molecule has 0 radical (unpaired) electrons. The third kappa shape index (κ3) is 4.86. The van der Waals surface area contributed by atoms with Gasteiger partial charge in [0, 0.05) is 5.56 Å². The topological polar surface area (TPSA) is 78.4 Å². The number of rotatable bonds is 6. The Kier molecular flexibility index (Phi) is 5.90. The first kappa shape index (κ1) is 17.2. The number of hydrogen-bond acceptors (Lipinski definition) is 3. The van der Waals surface area contributed by atoms with Gasteiger partial charge in [-0.1, -0.05) is 39.0 Å². The van der Waals surface area contributed by atoms with Crippen LogP contribution in [0.15, 0.2) is 24.3 Å². The molecule has 1 atom stereocenters. The largest absolute Gasteiger partial charge is 0.480 e. The van der Waals surface area contributed by atoms with Crippen molar-refractivity contribution in [3.8, 4) is 0 Å². The molecule has 116 valence electrons. The minimum absolute atomic E-state index is 0.343. The molecular formula is C16H24N2O3. The Morgan fingerprint density at radius 2 is 1.86 bits per heavy atom. The SMILES string of the molecule is CNCCc1ccccc1C(=O)N[C@@H](C(=O)O)C(C)(C)C. The van der Waals surface area contributed by atoms with Gasteiger partial charge in [-0.2, -0.15) is 0 Å². The van der Waals surface area contributed by atoms with Crippen molar-refractivity contribution in [1.82, 2.24) is 10.6 Å². The molecule has 0 heterocycles. The summed E-state index contributed by atoms with van der Waals surface area (Å²) in [6, 6.07) is 6.34. The van der Waals surface area contributed by atoms with Crippen molar-refractivity contribution in [3.05, 3.63) is 35.4 Å². The highest BCUT2D eigenvalue weighted by Gasteiger charge is 2.33. The maximum Gasteiger partial charge on any atom is 0.326 e. The summed E-state index contributed by atoms with van der Waals surface area (Å²) in [4.78, 5) is 23.7. The highest BCUT2D eigenvalue weighted by Crippen LogP contribution is 2.20. The van der Waals surface area contributed by atoms with E-state index < -0.39 is 17.4 Å². The fourth-order valence-corrected chi connectivity index (χ4v) is 2.08. The molecule has 1 rings (SSSR count). The summed E-state index contributed by atoms with van der Waals surface area (Å²) in [6.45, 7) is 6.13. The zero-order valence-corrected chi connectivity index (χ0v) is 13.1. The summed E-state index contributed by atoms with van der Waals surface area (Å²) in [7, 11) is 1.85. The first-order valence-electron chi connectivity index (χ1n) is 7.03. The van der Waals surface area contributed by atoms with Gasteiger partial charge in [-0.05, 0) is 37.1 Å². The second-order valence-corrected chi connectivity index (χ2v) is 6.12. The number of hydrogen-bond donors (Lipinski definition) is 3. The van der Waals surface area contributed by atoms with E-state index in [4.69, 9.17) is 0 Å². The Hall–Kier alpha value is -1.88. The predicted molar refractivity (Wildman–Crippen MR) is 82.4 cm³/mol. The summed E-state index contributed by atoms with van der Waals surface area (Å²) < 4.78 is 0. The lowest BCUT2D eigenvalue weighted by atomic mass is 9.86. The van der Waals surface area contributed by atoms with E-state index >= 15 is 0 Å². The Morgan fingerprint density at radius 1 is 1.24 bits per heavy atom. The number of carbonyl (C=O) groups excluding carboxylic acids is 1. The smallest absolute Gasteiger partial charge is 0.326 e. The zero-order valence-electron chi connectivity index (χ0n) is 13.1. The summed E-state index contributed by atoms with van der Waals surface area (Å²) in [5.74, 6) is -1.37. The Labute approximate surface area is 125 Å². The van der Waals surface area contributed by atoms with Gasteiger partial charge in [0.2, 0.25) is 0 Å². The molecule has 0 spiro atoms. The molecule has 0 aliphatic rings. The Balaban J connectivity index is 2.95. The molecular weight excluding hydrogens is 268 g/mol. The van der Waals surface area contributed by atoms with E-state index in [0.29, 0.717) is 12.0 Å². The number of likely N-dealkylation sites (N-methyl/N-ethyl adjacent to an activating group) is 1. The van der Waals surface area contributed by atoms with E-state index in [-0.39, 0.29) is 5.91 Å². The highest BCUT2D eigenvalue weighted by atomic mass is 16.4. The third-order valence-electron chi connectivity index (χ3n) is 3.29. The van der Waals surface area contributed by atoms with Crippen molar-refractivity contribution >= 4 is 11.9 Å². The molecule has 1 aromatic carbocycles. The van der Waals surface area contributed by atoms with Crippen LogP contribution in [0.5, 0.6) is 0 Å². The van der Waals surface area contributed by atoms with E-state index in [1.54, 1.807) is 32.9 Å². The van der Waals surface area contributed by atoms with Gasteiger partial charge in [0.25, 0.3) is 5.91 Å². The molecule has 0 saturated carbocycles. The van der Waals surface area contributed by atoms with Crippen LogP contribution >= 0.6 is 0 Å². The zero-order chi connectivity index (χ0) is 16.0. The fourth-order valence-electron chi connectivity index (χ4n) is 2.08. The third-order valence-corrected chi connectivity index (χ3v) is 3.29. The van der Waals surface area contributed by atoms with Crippen LogP contribution in [0, 0.1) is 5.41 Å². The number of aliphatic carboxylic acids is 1. The summed E-state index contributed by atoms with van der Waals surface area (Å²) >= 11 is 0. The fraction of sp³-hybridized carbons (Fsp3) is 0.500. The van der Waals surface area contributed by atoms with Gasteiger partial charge >= 0.3 is 5.97 Å². The monoisotopic (exact) mass is 292 g/mol. The van der Waals surface area contributed by atoms with Gasteiger partial charge in [0.05, 0.1) is 0 Å². The molecule has 3 N–H and O–H groups in total. The minimum Gasteiger partial charge on any atom is -0.480 e. The summed E-state index contributed by atoms with van der Waals surface area (Å²) in [6.07, 6.45) is 0.716. The number of carboxylic acids is 1. The lowest BCUT2D eigenvalue weighted by Crippen LogP contribution is -2.49. The number of benzene rings is 1. The second kappa shape index (κ2) is 7.22. The van der Waals surface area contributed by atoms with E-state index in [0.717, 1.165) is 12.1 Å². The van der Waals surface area contributed by atoms with Gasteiger partial charge in [-0.15, -0.1) is 0 Å². The lowest BCUT2D eigenvalue weighted by Gasteiger charge is -2.28. The van der Waals surface area contributed by atoms with Crippen LogP contribution in [0.2, 0.25) is 0 Å². The van der Waals surface area contributed by atoms with Crippen LogP contribution in [-0.4, -0.2) is 36.6 Å². The van der Waals surface area contributed by atoms with Crippen molar-refractivity contribution in [2.24, 2.45) is 5.41 Å². The first-order chi connectivity index (χ1) is 9.77. The standard InChI is InChI=1S/C16H24N2O3/c1-16(2,3)13(15(20)21)18-14(19)12-8-6-5-7-11(12)9-10-17-4/h5-8,13,17H,9-10H2,1-4H3,(H,18,19)(H,20,21)/t13-/m0/s1. The molecule has 0 aliphatic heterocycles. The molecule has 1 amide bonds. The maximum atomic E-state index is 12.4. The molecule has 0 aliphatic carbocycles. The van der Waals surface area contributed by atoms with Crippen LogP contribution in [0.3, 0.4) is 0 Å². The maximum absolute atomic E-state index is 12.4. The number of carboxylic acid groups (broad SMARTS) is 1. The number of carbonyl (C=O) groups is 2. The Bertz CT molecular complexity index is 506. The molecule has 5 nitrogen and oxygen atoms in total. The van der Waals surface area contributed by atoms with E-state index in [1.807, 2.05) is 19.2 Å². The average molecular weight is 292 g/mol. The number of amides is 1. The van der Waals surface area contributed by atoms with Crippen LogP contribution < -0.4 is 10.6 Å². The van der Waals surface area contributed by atoms with Crippen molar-refractivity contribution in [1.29, 1.82) is 0 Å². The van der Waals surface area contributed by atoms with Gasteiger partial charge in [0.15, 0.2) is 0 Å². The van der Waals surface area contributed by atoms with Gasteiger partial charge in [0.1, 0.15) is 6.04 Å². The minimum atomic E-state index is -1.02. The van der Waals surface area contributed by atoms with Crippen molar-refractivity contribution in [3.63, 3.8) is 0 Å². The first-order valence-corrected chi connectivity index (χ1v) is 7.03. The quantitative estimate of drug-likeness (QED) is 0.745. The number of nitrogens with one attached hydrogen (secondary N) is 2. The molecule has 0 aromatic heterocycles. The van der Waals surface area contributed by atoms with Crippen molar-refractivity contribution < 1.29 is 14.7 Å². The van der Waals surface area contributed by atoms with Gasteiger partial charge in [-0.25, -0.2) is 4.79 Å². The molecule has 5 heteroatoms. The molecule has 0 saturated heterocycles. The second-order valence-electron chi connectivity index (χ2n) is 6.12. The van der Waals surface area contributed by atoms with Crippen LogP contribution in [0.1, 0.15) is 36.7 Å². The average Bonchev–Trinajstić information content (AvgIpc) is 2.40. The van der Waals surface area contributed by atoms with Crippen LogP contribution in [0.4, 0.5) is 0 Å².